The molecule has 1 amide bonds. The fourth-order valence-corrected chi connectivity index (χ4v) is 3.36. The van der Waals surface area contributed by atoms with Gasteiger partial charge in [0, 0.05) is 19.7 Å². The van der Waals surface area contributed by atoms with Crippen molar-refractivity contribution in [3.05, 3.63) is 71.5 Å². The molecule has 3 aromatic rings. The van der Waals surface area contributed by atoms with Gasteiger partial charge in [-0.25, -0.2) is 4.98 Å². The Morgan fingerprint density at radius 1 is 1.18 bits per heavy atom. The van der Waals surface area contributed by atoms with Gasteiger partial charge in [-0.3, -0.25) is 9.48 Å². The molecule has 144 valence electrons. The molecule has 4 rings (SSSR count). The number of amides is 1. The number of hydrogen-bond acceptors (Lipinski definition) is 5. The lowest BCUT2D eigenvalue weighted by molar-refractivity contribution is 0.0700. The van der Waals surface area contributed by atoms with Gasteiger partial charge in [0.15, 0.2) is 0 Å². The third-order valence-electron chi connectivity index (χ3n) is 4.56. The summed E-state index contributed by atoms with van der Waals surface area (Å²) in [6.45, 7) is 2.20. The van der Waals surface area contributed by atoms with Crippen LogP contribution in [-0.2, 0) is 19.7 Å². The van der Waals surface area contributed by atoms with E-state index in [1.165, 1.54) is 0 Å². The zero-order valence-corrected chi connectivity index (χ0v) is 17.6. The number of ether oxygens (including phenoxy) is 1. The van der Waals surface area contributed by atoms with Crippen molar-refractivity contribution in [1.82, 2.24) is 19.7 Å². The maximum absolute atomic E-state index is 12.9. The normalized spacial score (nSPS) is 13.1. The van der Waals surface area contributed by atoms with Crippen LogP contribution in [0, 0.1) is 0 Å². The maximum Gasteiger partial charge on any atom is 0.272 e. The van der Waals surface area contributed by atoms with Crippen LogP contribution in [0.4, 0.5) is 5.82 Å². The summed E-state index contributed by atoms with van der Waals surface area (Å²) < 4.78 is 9.58. The number of carbonyl (C=O) groups excluding carboxylic acids is 1. The van der Waals surface area contributed by atoms with Crippen LogP contribution in [0.25, 0.3) is 0 Å². The molecule has 0 radical (unpaired) electrons. The minimum atomic E-state index is -0.0701. The Morgan fingerprint density at radius 2 is 2.00 bits per heavy atom. The van der Waals surface area contributed by atoms with Crippen molar-refractivity contribution >= 4 is 34.6 Å². The molecule has 28 heavy (non-hydrogen) atoms. The van der Waals surface area contributed by atoms with Crippen molar-refractivity contribution in [3.8, 4) is 5.88 Å². The summed E-state index contributed by atoms with van der Waals surface area (Å²) >= 11 is 2.14. The van der Waals surface area contributed by atoms with E-state index in [1.54, 1.807) is 11.0 Å². The second-order valence-electron chi connectivity index (χ2n) is 6.56. The largest absolute Gasteiger partial charge is 0.472 e. The van der Waals surface area contributed by atoms with Crippen LogP contribution in [0.5, 0.6) is 5.88 Å². The highest BCUT2D eigenvalue weighted by atomic mass is 127. The summed E-state index contributed by atoms with van der Waals surface area (Å²) in [5.74, 6) is 1.27. The molecule has 2 aromatic heterocycles. The second-order valence-corrected chi connectivity index (χ2v) is 8.00. The summed E-state index contributed by atoms with van der Waals surface area (Å²) in [5.41, 5.74) is 2.51. The van der Waals surface area contributed by atoms with Crippen LogP contribution in [-0.4, -0.2) is 39.2 Å². The van der Waals surface area contributed by atoms with Crippen LogP contribution in [0.1, 0.15) is 21.7 Å². The number of carbonyl (C=O) groups is 1. The highest BCUT2D eigenvalue weighted by molar-refractivity contribution is 14.1. The van der Waals surface area contributed by atoms with E-state index in [1.807, 2.05) is 63.4 Å². The van der Waals surface area contributed by atoms with E-state index in [-0.39, 0.29) is 5.91 Å². The Bertz CT molecular complexity index is 974. The molecule has 7 nitrogen and oxygen atoms in total. The Balaban J connectivity index is 1.44. The molecule has 1 aromatic carbocycles. The Kier molecular flexibility index (Phi) is 5.47. The first kappa shape index (κ1) is 18.7. The number of benzene rings is 1. The molecule has 0 N–H and O–H groups in total. The molecule has 0 unspecified atom stereocenters. The smallest absolute Gasteiger partial charge is 0.272 e. The molecule has 0 aliphatic carbocycles. The topological polar surface area (TPSA) is 63.5 Å². The monoisotopic (exact) mass is 489 g/mol. The maximum atomic E-state index is 12.9. The lowest BCUT2D eigenvalue weighted by atomic mass is 10.2. The lowest BCUT2D eigenvalue weighted by Crippen LogP contribution is -2.38. The van der Waals surface area contributed by atoms with E-state index >= 15 is 0 Å². The van der Waals surface area contributed by atoms with E-state index in [0.717, 1.165) is 17.1 Å². The van der Waals surface area contributed by atoms with Gasteiger partial charge >= 0.3 is 0 Å². The standard InChI is InChI=1S/C20H20IN5O2/c1-24(21)18-9-5-8-17(22-18)20(27)25-10-11-26-16(13-25)12-19(23-26)28-14-15-6-3-2-4-7-15/h2-9,12H,10-11,13-14H2,1H3. The van der Waals surface area contributed by atoms with Crippen LogP contribution < -0.4 is 7.85 Å². The molecule has 0 saturated carbocycles. The molecule has 0 atom stereocenters. The average Bonchev–Trinajstić information content (AvgIpc) is 3.14. The predicted octanol–water partition coefficient (Wildman–Crippen LogP) is 3.30. The van der Waals surface area contributed by atoms with Gasteiger partial charge in [0.1, 0.15) is 18.1 Å². The highest BCUT2D eigenvalue weighted by Crippen LogP contribution is 2.21. The molecule has 1 aliphatic heterocycles. The van der Waals surface area contributed by atoms with E-state index in [4.69, 9.17) is 4.74 Å². The first-order valence-corrected chi connectivity index (χ1v) is 9.96. The van der Waals surface area contributed by atoms with Crippen molar-refractivity contribution in [3.63, 3.8) is 0 Å². The first-order valence-electron chi connectivity index (χ1n) is 8.99. The Labute approximate surface area is 177 Å². The van der Waals surface area contributed by atoms with Gasteiger partial charge in [-0.2, -0.15) is 0 Å². The molecular weight excluding hydrogens is 469 g/mol. The fraction of sp³-hybridized carbons (Fsp3) is 0.250. The Hall–Kier alpha value is -2.62. The van der Waals surface area contributed by atoms with Gasteiger partial charge in [0.2, 0.25) is 5.88 Å². The number of anilines is 1. The number of nitrogens with zero attached hydrogens (tertiary/aromatic N) is 5. The Morgan fingerprint density at radius 3 is 2.79 bits per heavy atom. The van der Waals surface area contributed by atoms with Crippen molar-refractivity contribution in [2.24, 2.45) is 0 Å². The number of pyridine rings is 1. The molecule has 0 fully saturated rings. The zero-order chi connectivity index (χ0) is 19.5. The van der Waals surface area contributed by atoms with Crippen LogP contribution >= 0.6 is 22.9 Å². The van der Waals surface area contributed by atoms with Gasteiger partial charge in [-0.1, -0.05) is 36.4 Å². The minimum Gasteiger partial charge on any atom is -0.472 e. The molecule has 0 bridgehead atoms. The number of fused-ring (bicyclic) bond motifs is 1. The summed E-state index contributed by atoms with van der Waals surface area (Å²) in [5, 5.41) is 4.50. The van der Waals surface area contributed by atoms with Gasteiger partial charge < -0.3 is 12.8 Å². The van der Waals surface area contributed by atoms with Crippen molar-refractivity contribution in [1.29, 1.82) is 0 Å². The van der Waals surface area contributed by atoms with E-state index in [9.17, 15) is 4.79 Å². The molecular formula is C20H20IN5O2. The summed E-state index contributed by atoms with van der Waals surface area (Å²) in [6.07, 6.45) is 0. The number of rotatable bonds is 5. The molecule has 0 spiro atoms. The molecule has 3 heterocycles. The van der Waals surface area contributed by atoms with E-state index in [2.05, 4.69) is 32.9 Å². The minimum absolute atomic E-state index is 0.0701. The quantitative estimate of drug-likeness (QED) is 0.407. The number of aromatic nitrogens is 3. The first-order chi connectivity index (χ1) is 13.6. The summed E-state index contributed by atoms with van der Waals surface area (Å²) in [6, 6.07) is 17.4. The van der Waals surface area contributed by atoms with E-state index < -0.39 is 0 Å². The average molecular weight is 489 g/mol. The number of halogens is 1. The molecule has 8 heteroatoms. The molecule has 0 saturated heterocycles. The van der Waals surface area contributed by atoms with Crippen LogP contribution in [0.3, 0.4) is 0 Å². The van der Waals surface area contributed by atoms with Crippen molar-refractivity contribution < 1.29 is 9.53 Å². The molecule has 1 aliphatic rings. The third kappa shape index (κ3) is 4.11. The fourth-order valence-electron chi connectivity index (χ4n) is 3.09. The predicted molar refractivity (Wildman–Crippen MR) is 114 cm³/mol. The van der Waals surface area contributed by atoms with Gasteiger partial charge in [-0.15, -0.1) is 5.10 Å². The third-order valence-corrected chi connectivity index (χ3v) is 5.06. The van der Waals surface area contributed by atoms with Crippen molar-refractivity contribution in [2.45, 2.75) is 19.7 Å². The van der Waals surface area contributed by atoms with Crippen LogP contribution in [0.2, 0.25) is 0 Å². The van der Waals surface area contributed by atoms with Gasteiger partial charge in [-0.05, 0) is 17.7 Å². The summed E-state index contributed by atoms with van der Waals surface area (Å²) in [7, 11) is 1.90. The van der Waals surface area contributed by atoms with Gasteiger partial charge in [0.25, 0.3) is 5.91 Å². The van der Waals surface area contributed by atoms with Crippen LogP contribution in [0.15, 0.2) is 54.6 Å². The van der Waals surface area contributed by atoms with E-state index in [0.29, 0.717) is 37.8 Å². The van der Waals surface area contributed by atoms with Crippen molar-refractivity contribution in [2.75, 3.05) is 16.7 Å². The SMILES string of the molecule is CN(I)c1cccc(C(=O)N2CCn3nc(OCc4ccccc4)cc3C2)n1. The lowest BCUT2D eigenvalue weighted by Gasteiger charge is -2.27. The summed E-state index contributed by atoms with van der Waals surface area (Å²) in [4.78, 5) is 19.1. The second kappa shape index (κ2) is 8.17. The highest BCUT2D eigenvalue weighted by Gasteiger charge is 2.24. The van der Waals surface area contributed by atoms with Gasteiger partial charge in [0.05, 0.1) is 41.6 Å². The zero-order valence-electron chi connectivity index (χ0n) is 15.5. The number of hydrogen-bond donors (Lipinski definition) is 0.